The Hall–Kier alpha value is -1.57. The number of carbonyl (C=O) groups excluding carboxylic acids is 1. The minimum atomic E-state index is -0.281. The fraction of sp³-hybridized carbons (Fsp3) is 0.591. The van der Waals surface area contributed by atoms with Gasteiger partial charge in [-0.3, -0.25) is 0 Å². The SMILES string of the molecule is CC(C)=C(OC(=O)c1ccccc1)[C@@](C)(CC(C)(C)C)C(C)(C)C. The molecular weight excluding hydrogens is 296 g/mol. The Bertz CT molecular complexity index is 593. The minimum Gasteiger partial charge on any atom is -0.427 e. The fourth-order valence-electron chi connectivity index (χ4n) is 3.24. The topological polar surface area (TPSA) is 26.3 Å². The van der Waals surface area contributed by atoms with E-state index in [1.165, 1.54) is 0 Å². The van der Waals surface area contributed by atoms with Crippen LogP contribution in [0.4, 0.5) is 0 Å². The Kier molecular flexibility index (Phi) is 6.08. The summed E-state index contributed by atoms with van der Waals surface area (Å²) >= 11 is 0. The highest BCUT2D eigenvalue weighted by Crippen LogP contribution is 2.52. The molecule has 0 aliphatic heterocycles. The van der Waals surface area contributed by atoms with Gasteiger partial charge in [-0.25, -0.2) is 4.79 Å². The Morgan fingerprint density at radius 1 is 0.917 bits per heavy atom. The number of benzene rings is 1. The maximum absolute atomic E-state index is 12.6. The van der Waals surface area contributed by atoms with Crippen molar-refractivity contribution in [3.63, 3.8) is 0 Å². The van der Waals surface area contributed by atoms with Crippen LogP contribution >= 0.6 is 0 Å². The lowest BCUT2D eigenvalue weighted by molar-refractivity contribution is 0.0169. The number of hydrogen-bond acceptors (Lipinski definition) is 2. The average Bonchev–Trinajstić information content (AvgIpc) is 2.41. The Labute approximate surface area is 148 Å². The van der Waals surface area contributed by atoms with Crippen LogP contribution in [0.5, 0.6) is 0 Å². The monoisotopic (exact) mass is 330 g/mol. The van der Waals surface area contributed by atoms with E-state index in [1.807, 2.05) is 32.0 Å². The van der Waals surface area contributed by atoms with Gasteiger partial charge in [-0.1, -0.05) is 66.7 Å². The summed E-state index contributed by atoms with van der Waals surface area (Å²) in [7, 11) is 0. The maximum atomic E-state index is 12.6. The summed E-state index contributed by atoms with van der Waals surface area (Å²) < 4.78 is 5.98. The molecule has 134 valence electrons. The van der Waals surface area contributed by atoms with Crippen LogP contribution in [-0.4, -0.2) is 5.97 Å². The van der Waals surface area contributed by atoms with E-state index in [2.05, 4.69) is 48.5 Å². The van der Waals surface area contributed by atoms with Crippen molar-refractivity contribution in [2.75, 3.05) is 0 Å². The van der Waals surface area contributed by atoms with Crippen molar-refractivity contribution in [2.45, 2.75) is 68.7 Å². The smallest absolute Gasteiger partial charge is 0.343 e. The largest absolute Gasteiger partial charge is 0.427 e. The molecule has 0 saturated carbocycles. The molecule has 0 aliphatic carbocycles. The van der Waals surface area contributed by atoms with E-state index in [-0.39, 0.29) is 22.2 Å². The van der Waals surface area contributed by atoms with Gasteiger partial charge in [-0.05, 0) is 48.8 Å². The predicted molar refractivity (Wildman–Crippen MR) is 102 cm³/mol. The van der Waals surface area contributed by atoms with Crippen LogP contribution in [0, 0.1) is 16.2 Å². The second-order valence-corrected chi connectivity index (χ2v) is 9.40. The molecule has 1 aromatic carbocycles. The third kappa shape index (κ3) is 4.96. The first-order valence-electron chi connectivity index (χ1n) is 8.73. The van der Waals surface area contributed by atoms with Crippen LogP contribution in [0.2, 0.25) is 0 Å². The van der Waals surface area contributed by atoms with Gasteiger partial charge < -0.3 is 4.74 Å². The van der Waals surface area contributed by atoms with Crippen molar-refractivity contribution in [3.8, 4) is 0 Å². The van der Waals surface area contributed by atoms with Crippen molar-refractivity contribution in [2.24, 2.45) is 16.2 Å². The molecule has 2 heteroatoms. The quantitative estimate of drug-likeness (QED) is 0.457. The van der Waals surface area contributed by atoms with E-state index in [9.17, 15) is 4.79 Å². The fourth-order valence-corrected chi connectivity index (χ4v) is 3.24. The summed E-state index contributed by atoms with van der Waals surface area (Å²) in [6.45, 7) is 19.6. The zero-order valence-electron chi connectivity index (χ0n) is 16.9. The van der Waals surface area contributed by atoms with Gasteiger partial charge in [0, 0.05) is 5.41 Å². The number of ether oxygens (including phenoxy) is 1. The van der Waals surface area contributed by atoms with E-state index in [0.29, 0.717) is 5.56 Å². The van der Waals surface area contributed by atoms with Crippen molar-refractivity contribution in [1.29, 1.82) is 0 Å². The van der Waals surface area contributed by atoms with Gasteiger partial charge in [-0.15, -0.1) is 0 Å². The lowest BCUT2D eigenvalue weighted by atomic mass is 9.59. The molecule has 0 N–H and O–H groups in total. The zero-order chi connectivity index (χ0) is 18.8. The molecule has 1 rings (SSSR count). The lowest BCUT2D eigenvalue weighted by Crippen LogP contribution is -2.40. The van der Waals surface area contributed by atoms with E-state index >= 15 is 0 Å². The molecule has 0 aromatic heterocycles. The standard InChI is InChI=1S/C22H34O2/c1-16(2)18(24-19(23)17-13-11-10-12-14-17)22(9,21(6,7)8)15-20(3,4)5/h10-14H,15H2,1-9H3/t22-/m1/s1. The van der Waals surface area contributed by atoms with Crippen molar-refractivity contribution < 1.29 is 9.53 Å². The van der Waals surface area contributed by atoms with Crippen molar-refractivity contribution in [1.82, 2.24) is 0 Å². The Morgan fingerprint density at radius 2 is 1.42 bits per heavy atom. The third-order valence-electron chi connectivity index (χ3n) is 4.70. The lowest BCUT2D eigenvalue weighted by Gasteiger charge is -2.47. The summed E-state index contributed by atoms with van der Waals surface area (Å²) in [6.07, 6.45) is 0.937. The van der Waals surface area contributed by atoms with Crippen LogP contribution in [0.25, 0.3) is 0 Å². The molecule has 0 aliphatic rings. The van der Waals surface area contributed by atoms with E-state index < -0.39 is 0 Å². The Balaban J connectivity index is 3.30. The molecule has 0 heterocycles. The number of allylic oxidation sites excluding steroid dienone is 2. The molecule has 0 saturated heterocycles. The molecular formula is C22H34O2. The van der Waals surface area contributed by atoms with Gasteiger partial charge in [0.2, 0.25) is 0 Å². The molecule has 1 aromatic rings. The maximum Gasteiger partial charge on any atom is 0.343 e. The normalized spacial score (nSPS) is 14.7. The number of esters is 1. The molecule has 0 radical (unpaired) electrons. The summed E-state index contributed by atoms with van der Waals surface area (Å²) in [5.41, 5.74) is 1.49. The van der Waals surface area contributed by atoms with E-state index in [0.717, 1.165) is 17.8 Å². The highest BCUT2D eigenvalue weighted by Gasteiger charge is 2.45. The second kappa shape index (κ2) is 7.13. The van der Waals surface area contributed by atoms with E-state index in [4.69, 9.17) is 4.74 Å². The van der Waals surface area contributed by atoms with Gasteiger partial charge in [0.25, 0.3) is 0 Å². The first-order valence-corrected chi connectivity index (χ1v) is 8.73. The zero-order valence-corrected chi connectivity index (χ0v) is 16.9. The Morgan fingerprint density at radius 3 is 1.79 bits per heavy atom. The predicted octanol–water partition coefficient (Wildman–Crippen LogP) is 6.63. The molecule has 0 fully saturated rings. The molecule has 24 heavy (non-hydrogen) atoms. The van der Waals surface area contributed by atoms with Crippen molar-refractivity contribution >= 4 is 5.97 Å². The summed E-state index contributed by atoms with van der Waals surface area (Å²) in [5.74, 6) is 0.523. The van der Waals surface area contributed by atoms with Crippen LogP contribution in [-0.2, 0) is 4.74 Å². The van der Waals surface area contributed by atoms with Crippen LogP contribution in [0.1, 0.15) is 79.1 Å². The van der Waals surface area contributed by atoms with Gasteiger partial charge >= 0.3 is 5.97 Å². The molecule has 0 unspecified atom stereocenters. The molecule has 0 amide bonds. The summed E-state index contributed by atoms with van der Waals surface area (Å²) in [5, 5.41) is 0. The highest BCUT2D eigenvalue weighted by atomic mass is 16.5. The minimum absolute atomic E-state index is 0.0378. The van der Waals surface area contributed by atoms with E-state index in [1.54, 1.807) is 12.1 Å². The summed E-state index contributed by atoms with van der Waals surface area (Å²) in [4.78, 5) is 12.6. The van der Waals surface area contributed by atoms with Crippen LogP contribution in [0.3, 0.4) is 0 Å². The first kappa shape index (κ1) is 20.5. The number of rotatable bonds is 4. The third-order valence-corrected chi connectivity index (χ3v) is 4.70. The molecule has 1 atom stereocenters. The molecule has 2 nitrogen and oxygen atoms in total. The van der Waals surface area contributed by atoms with Gasteiger partial charge in [0.1, 0.15) is 5.76 Å². The number of carbonyl (C=O) groups is 1. The van der Waals surface area contributed by atoms with Crippen LogP contribution in [0.15, 0.2) is 41.7 Å². The average molecular weight is 331 g/mol. The molecule has 0 bridgehead atoms. The number of hydrogen-bond donors (Lipinski definition) is 0. The molecule has 0 spiro atoms. The van der Waals surface area contributed by atoms with Gasteiger partial charge in [0.15, 0.2) is 0 Å². The second-order valence-electron chi connectivity index (χ2n) is 9.40. The first-order chi connectivity index (χ1) is 10.8. The van der Waals surface area contributed by atoms with Crippen molar-refractivity contribution in [3.05, 3.63) is 47.2 Å². The van der Waals surface area contributed by atoms with Gasteiger partial charge in [-0.2, -0.15) is 0 Å². The van der Waals surface area contributed by atoms with Crippen LogP contribution < -0.4 is 0 Å². The van der Waals surface area contributed by atoms with Gasteiger partial charge in [0.05, 0.1) is 5.56 Å². The highest BCUT2D eigenvalue weighted by molar-refractivity contribution is 5.90. The summed E-state index contributed by atoms with van der Waals surface area (Å²) in [6, 6.07) is 9.21.